The number of hydrogen-bond donors (Lipinski definition) is 3. The van der Waals surface area contributed by atoms with Gasteiger partial charge in [0.1, 0.15) is 17.5 Å². The van der Waals surface area contributed by atoms with E-state index in [0.29, 0.717) is 16.5 Å². The molecule has 0 unspecified atom stereocenters. The van der Waals surface area contributed by atoms with Crippen LogP contribution in [0.4, 0.5) is 17.2 Å². The van der Waals surface area contributed by atoms with Crippen molar-refractivity contribution in [3.63, 3.8) is 0 Å². The van der Waals surface area contributed by atoms with E-state index in [2.05, 4.69) is 20.6 Å². The molecule has 8 nitrogen and oxygen atoms in total. The standard InChI is InChI=1S/C16H16N6O2S/c1-9(25-16-19-8-11(7-17)14(18)22-16)15(24)21-13-5-3-12(4-6-13)20-10(2)23/h3-6,8-9H,1-2H3,(H,20,23)(H,21,24)(H2,18,19,22)/t9-/m1/s1. The number of carbonyl (C=O) groups is 2. The maximum absolute atomic E-state index is 12.2. The molecule has 0 fully saturated rings. The summed E-state index contributed by atoms with van der Waals surface area (Å²) in [5, 5.41) is 14.1. The first-order chi connectivity index (χ1) is 11.9. The minimum atomic E-state index is -0.470. The van der Waals surface area contributed by atoms with E-state index in [-0.39, 0.29) is 23.2 Å². The Hall–Kier alpha value is -3.12. The summed E-state index contributed by atoms with van der Waals surface area (Å²) in [6, 6.07) is 8.65. The number of nitrogen functional groups attached to an aromatic ring is 1. The average molecular weight is 356 g/mol. The Labute approximate surface area is 148 Å². The number of thioether (sulfide) groups is 1. The van der Waals surface area contributed by atoms with Crippen molar-refractivity contribution >= 4 is 40.8 Å². The second kappa shape index (κ2) is 8.12. The van der Waals surface area contributed by atoms with E-state index in [4.69, 9.17) is 11.0 Å². The van der Waals surface area contributed by atoms with Gasteiger partial charge in [-0.25, -0.2) is 9.97 Å². The normalized spacial score (nSPS) is 11.2. The molecule has 1 aromatic heterocycles. The van der Waals surface area contributed by atoms with Crippen LogP contribution in [-0.4, -0.2) is 27.0 Å². The number of rotatable bonds is 5. The van der Waals surface area contributed by atoms with Gasteiger partial charge in [-0.15, -0.1) is 0 Å². The summed E-state index contributed by atoms with van der Waals surface area (Å²) in [7, 11) is 0. The number of nitrogens with two attached hydrogens (primary N) is 1. The van der Waals surface area contributed by atoms with Gasteiger partial charge in [0.15, 0.2) is 5.16 Å². The fourth-order valence-electron chi connectivity index (χ4n) is 1.82. The van der Waals surface area contributed by atoms with Gasteiger partial charge in [0, 0.05) is 18.3 Å². The molecule has 2 rings (SSSR count). The van der Waals surface area contributed by atoms with Crippen LogP contribution in [0.25, 0.3) is 0 Å². The molecular formula is C16H16N6O2S. The number of benzene rings is 1. The Morgan fingerprint density at radius 1 is 1.24 bits per heavy atom. The van der Waals surface area contributed by atoms with Crippen LogP contribution in [-0.2, 0) is 9.59 Å². The van der Waals surface area contributed by atoms with E-state index in [0.717, 1.165) is 11.8 Å². The number of amides is 2. The Bertz CT molecular complexity index is 832. The van der Waals surface area contributed by atoms with Crippen LogP contribution in [0, 0.1) is 11.3 Å². The van der Waals surface area contributed by atoms with Crippen LogP contribution in [0.5, 0.6) is 0 Å². The van der Waals surface area contributed by atoms with Gasteiger partial charge in [-0.2, -0.15) is 5.26 Å². The van der Waals surface area contributed by atoms with Gasteiger partial charge in [-0.05, 0) is 31.2 Å². The molecule has 0 aliphatic rings. The molecule has 128 valence electrons. The number of nitrogens with zero attached hydrogens (tertiary/aromatic N) is 3. The van der Waals surface area contributed by atoms with E-state index in [9.17, 15) is 9.59 Å². The van der Waals surface area contributed by atoms with Crippen LogP contribution in [0.2, 0.25) is 0 Å². The molecular weight excluding hydrogens is 340 g/mol. The summed E-state index contributed by atoms with van der Waals surface area (Å²) in [4.78, 5) is 31.2. The zero-order valence-corrected chi connectivity index (χ0v) is 14.4. The zero-order chi connectivity index (χ0) is 18.4. The predicted octanol–water partition coefficient (Wildman–Crippen LogP) is 2.01. The molecule has 0 radical (unpaired) electrons. The molecule has 2 aromatic rings. The van der Waals surface area contributed by atoms with Crippen molar-refractivity contribution in [2.45, 2.75) is 24.3 Å². The highest BCUT2D eigenvalue weighted by Crippen LogP contribution is 2.22. The summed E-state index contributed by atoms with van der Waals surface area (Å²) >= 11 is 1.14. The number of aromatic nitrogens is 2. The molecule has 0 aliphatic heterocycles. The molecule has 2 amide bonds. The Morgan fingerprint density at radius 3 is 2.36 bits per heavy atom. The van der Waals surface area contributed by atoms with Crippen molar-refractivity contribution in [1.82, 2.24) is 9.97 Å². The largest absolute Gasteiger partial charge is 0.382 e. The lowest BCUT2D eigenvalue weighted by atomic mass is 10.2. The molecule has 0 aliphatic carbocycles. The fraction of sp³-hybridized carbons (Fsp3) is 0.188. The summed E-state index contributed by atoms with van der Waals surface area (Å²) in [5.41, 5.74) is 7.08. The Morgan fingerprint density at radius 2 is 1.84 bits per heavy atom. The first kappa shape index (κ1) is 18.2. The third-order valence-electron chi connectivity index (χ3n) is 3.04. The van der Waals surface area contributed by atoms with Crippen molar-refractivity contribution in [2.24, 2.45) is 0 Å². The molecule has 1 aromatic carbocycles. The maximum atomic E-state index is 12.2. The molecule has 0 saturated heterocycles. The quantitative estimate of drug-likeness (QED) is 0.551. The van der Waals surface area contributed by atoms with Crippen LogP contribution in [0.1, 0.15) is 19.4 Å². The van der Waals surface area contributed by atoms with Gasteiger partial charge in [0.05, 0.1) is 11.4 Å². The lowest BCUT2D eigenvalue weighted by molar-refractivity contribution is -0.115. The highest BCUT2D eigenvalue weighted by atomic mass is 32.2. The summed E-state index contributed by atoms with van der Waals surface area (Å²) in [6.07, 6.45) is 1.33. The highest BCUT2D eigenvalue weighted by Gasteiger charge is 2.17. The van der Waals surface area contributed by atoms with Crippen LogP contribution < -0.4 is 16.4 Å². The molecule has 0 spiro atoms. The van der Waals surface area contributed by atoms with Crippen LogP contribution in [0.3, 0.4) is 0 Å². The fourth-order valence-corrected chi connectivity index (χ4v) is 2.56. The van der Waals surface area contributed by atoms with E-state index < -0.39 is 5.25 Å². The van der Waals surface area contributed by atoms with Gasteiger partial charge < -0.3 is 16.4 Å². The predicted molar refractivity (Wildman–Crippen MR) is 95.9 cm³/mol. The Balaban J connectivity index is 1.97. The third kappa shape index (κ3) is 5.19. The SMILES string of the molecule is CC(=O)Nc1ccc(NC(=O)[C@@H](C)Sc2ncc(C#N)c(N)n2)cc1. The van der Waals surface area contributed by atoms with Gasteiger partial charge in [-0.1, -0.05) is 11.8 Å². The highest BCUT2D eigenvalue weighted by molar-refractivity contribution is 8.00. The molecule has 0 saturated carbocycles. The second-order valence-corrected chi connectivity index (χ2v) is 6.38. The first-order valence-corrected chi connectivity index (χ1v) is 8.15. The van der Waals surface area contributed by atoms with E-state index in [1.165, 1.54) is 13.1 Å². The Kier molecular flexibility index (Phi) is 5.92. The third-order valence-corrected chi connectivity index (χ3v) is 4.02. The molecule has 25 heavy (non-hydrogen) atoms. The zero-order valence-electron chi connectivity index (χ0n) is 13.6. The monoisotopic (exact) mass is 356 g/mol. The smallest absolute Gasteiger partial charge is 0.237 e. The second-order valence-electron chi connectivity index (χ2n) is 5.07. The lowest BCUT2D eigenvalue weighted by Gasteiger charge is -2.12. The molecule has 4 N–H and O–H groups in total. The summed E-state index contributed by atoms with van der Waals surface area (Å²) < 4.78 is 0. The molecule has 1 heterocycles. The van der Waals surface area contributed by atoms with E-state index >= 15 is 0 Å². The van der Waals surface area contributed by atoms with Crippen molar-refractivity contribution in [2.75, 3.05) is 16.4 Å². The number of hydrogen-bond acceptors (Lipinski definition) is 7. The van der Waals surface area contributed by atoms with Gasteiger partial charge in [0.25, 0.3) is 0 Å². The summed E-state index contributed by atoms with van der Waals surface area (Å²) in [5.74, 6) is -0.312. The van der Waals surface area contributed by atoms with Crippen molar-refractivity contribution in [3.05, 3.63) is 36.0 Å². The first-order valence-electron chi connectivity index (χ1n) is 7.27. The van der Waals surface area contributed by atoms with Crippen LogP contribution in [0.15, 0.2) is 35.6 Å². The van der Waals surface area contributed by atoms with Crippen molar-refractivity contribution < 1.29 is 9.59 Å². The van der Waals surface area contributed by atoms with Crippen LogP contribution >= 0.6 is 11.8 Å². The number of nitriles is 1. The molecule has 1 atom stereocenters. The van der Waals surface area contributed by atoms with E-state index in [1.807, 2.05) is 6.07 Å². The molecule has 9 heteroatoms. The minimum Gasteiger partial charge on any atom is -0.382 e. The number of nitrogens with one attached hydrogen (secondary N) is 2. The number of anilines is 3. The van der Waals surface area contributed by atoms with Crippen molar-refractivity contribution in [1.29, 1.82) is 5.26 Å². The van der Waals surface area contributed by atoms with Gasteiger partial charge in [-0.3, -0.25) is 9.59 Å². The van der Waals surface area contributed by atoms with Gasteiger partial charge >= 0.3 is 0 Å². The van der Waals surface area contributed by atoms with Crippen molar-refractivity contribution in [3.8, 4) is 6.07 Å². The number of carbonyl (C=O) groups excluding carboxylic acids is 2. The van der Waals surface area contributed by atoms with E-state index in [1.54, 1.807) is 31.2 Å². The van der Waals surface area contributed by atoms with Gasteiger partial charge in [0.2, 0.25) is 11.8 Å². The summed E-state index contributed by atoms with van der Waals surface area (Å²) in [6.45, 7) is 3.13. The topological polar surface area (TPSA) is 134 Å². The lowest BCUT2D eigenvalue weighted by Crippen LogP contribution is -2.22. The minimum absolute atomic E-state index is 0.0844. The maximum Gasteiger partial charge on any atom is 0.237 e. The average Bonchev–Trinajstić information content (AvgIpc) is 2.56. The molecule has 0 bridgehead atoms.